The zero-order valence-electron chi connectivity index (χ0n) is 16.6. The first-order chi connectivity index (χ1) is 14.7. The Labute approximate surface area is 174 Å². The number of methoxy groups -OCH3 is 1. The van der Waals surface area contributed by atoms with Crippen LogP contribution >= 0.6 is 0 Å². The summed E-state index contributed by atoms with van der Waals surface area (Å²) in [6.07, 6.45) is 2.41. The number of fused-ring (bicyclic) bond motifs is 1. The topological polar surface area (TPSA) is 56.2 Å². The minimum atomic E-state index is -0.151. The molecule has 0 aliphatic carbocycles. The summed E-state index contributed by atoms with van der Waals surface area (Å²) in [4.78, 5) is 12.8. The molecule has 148 valence electrons. The zero-order valence-corrected chi connectivity index (χ0v) is 16.6. The maximum Gasteiger partial charge on any atom is 0.167 e. The summed E-state index contributed by atoms with van der Waals surface area (Å²) in [6, 6.07) is 25.4. The van der Waals surface area contributed by atoms with E-state index in [1.165, 1.54) is 0 Å². The Hall–Kier alpha value is -3.86. The first kappa shape index (κ1) is 18.2. The van der Waals surface area contributed by atoms with E-state index < -0.39 is 0 Å². The highest BCUT2D eigenvalue weighted by atomic mass is 16.5. The monoisotopic (exact) mass is 395 g/mol. The number of ether oxygens (including phenoxy) is 1. The third kappa shape index (κ3) is 3.24. The fourth-order valence-corrected chi connectivity index (χ4v) is 3.90. The standard InChI is InChI=1S/C25H21N3O2/c1-30-19-13-11-17(12-14-19)25-21(16-28(27-25)18-7-3-2-4-8-18)23-15-24(29)20-9-5-6-10-22(20)26-23/h2-14,16,23,26H,15H2,1H3. The Morgan fingerprint density at radius 3 is 2.47 bits per heavy atom. The van der Waals surface area contributed by atoms with Gasteiger partial charge in [0.05, 0.1) is 24.5 Å². The summed E-state index contributed by atoms with van der Waals surface area (Å²) < 4.78 is 7.17. The molecule has 5 nitrogen and oxygen atoms in total. The van der Waals surface area contributed by atoms with Gasteiger partial charge in [-0.1, -0.05) is 30.3 Å². The Morgan fingerprint density at radius 1 is 0.967 bits per heavy atom. The molecule has 0 fully saturated rings. The quantitative estimate of drug-likeness (QED) is 0.510. The van der Waals surface area contributed by atoms with E-state index in [0.29, 0.717) is 6.42 Å². The van der Waals surface area contributed by atoms with E-state index in [1.807, 2.05) is 89.7 Å². The van der Waals surface area contributed by atoms with E-state index >= 15 is 0 Å². The zero-order chi connectivity index (χ0) is 20.5. The number of anilines is 1. The van der Waals surface area contributed by atoms with Crippen LogP contribution in [0.2, 0.25) is 0 Å². The predicted octanol–water partition coefficient (Wildman–Crippen LogP) is 5.29. The van der Waals surface area contributed by atoms with Crippen molar-refractivity contribution < 1.29 is 9.53 Å². The molecule has 0 saturated heterocycles. The Balaban J connectivity index is 1.61. The van der Waals surface area contributed by atoms with Crippen LogP contribution in [0.3, 0.4) is 0 Å². The number of nitrogens with one attached hydrogen (secondary N) is 1. The van der Waals surface area contributed by atoms with E-state index in [4.69, 9.17) is 9.84 Å². The summed E-state index contributed by atoms with van der Waals surface area (Å²) >= 11 is 0. The second kappa shape index (κ2) is 7.52. The molecular weight excluding hydrogens is 374 g/mol. The van der Waals surface area contributed by atoms with Gasteiger partial charge < -0.3 is 10.1 Å². The SMILES string of the molecule is COc1ccc(-c2nn(-c3ccccc3)cc2C2CC(=O)c3ccccc3N2)cc1. The average molecular weight is 395 g/mol. The number of nitrogens with zero attached hydrogens (tertiary/aromatic N) is 2. The van der Waals surface area contributed by atoms with Gasteiger partial charge in [0.15, 0.2) is 5.78 Å². The predicted molar refractivity (Wildman–Crippen MR) is 117 cm³/mol. The molecule has 5 rings (SSSR count). The lowest BCUT2D eigenvalue weighted by molar-refractivity contribution is 0.0972. The molecule has 1 N–H and O–H groups in total. The van der Waals surface area contributed by atoms with E-state index in [0.717, 1.165) is 39.5 Å². The normalized spacial score (nSPS) is 15.4. The molecule has 2 heterocycles. The van der Waals surface area contributed by atoms with Gasteiger partial charge in [-0.05, 0) is 48.5 Å². The van der Waals surface area contributed by atoms with Gasteiger partial charge in [0.1, 0.15) is 5.75 Å². The second-order valence-electron chi connectivity index (χ2n) is 7.31. The molecule has 1 unspecified atom stereocenters. The van der Waals surface area contributed by atoms with Crippen LogP contribution in [-0.4, -0.2) is 22.7 Å². The smallest absolute Gasteiger partial charge is 0.167 e. The fraction of sp³-hybridized carbons (Fsp3) is 0.120. The number of carbonyl (C=O) groups excluding carboxylic acids is 1. The van der Waals surface area contributed by atoms with Crippen molar-refractivity contribution >= 4 is 11.5 Å². The highest BCUT2D eigenvalue weighted by molar-refractivity contribution is 6.03. The van der Waals surface area contributed by atoms with Gasteiger partial charge in [-0.25, -0.2) is 4.68 Å². The minimum Gasteiger partial charge on any atom is -0.497 e. The third-order valence-electron chi connectivity index (χ3n) is 5.45. The molecule has 1 aliphatic heterocycles. The van der Waals surface area contributed by atoms with Crippen LogP contribution in [0, 0.1) is 0 Å². The van der Waals surface area contributed by atoms with Gasteiger partial charge in [0.25, 0.3) is 0 Å². The van der Waals surface area contributed by atoms with Crippen LogP contribution in [-0.2, 0) is 0 Å². The summed E-state index contributed by atoms with van der Waals surface area (Å²) in [7, 11) is 1.65. The highest BCUT2D eigenvalue weighted by Crippen LogP contribution is 2.37. The molecule has 1 atom stereocenters. The van der Waals surface area contributed by atoms with E-state index in [9.17, 15) is 4.79 Å². The van der Waals surface area contributed by atoms with Crippen LogP contribution in [0.25, 0.3) is 16.9 Å². The van der Waals surface area contributed by atoms with Crippen molar-refractivity contribution in [2.24, 2.45) is 0 Å². The van der Waals surface area contributed by atoms with Gasteiger partial charge in [0.2, 0.25) is 0 Å². The molecule has 1 aliphatic rings. The van der Waals surface area contributed by atoms with Crippen molar-refractivity contribution in [2.75, 3.05) is 12.4 Å². The lowest BCUT2D eigenvalue weighted by Gasteiger charge is -2.26. The molecule has 1 aromatic heterocycles. The van der Waals surface area contributed by atoms with Crippen molar-refractivity contribution in [1.82, 2.24) is 9.78 Å². The van der Waals surface area contributed by atoms with Gasteiger partial charge >= 0.3 is 0 Å². The Morgan fingerprint density at radius 2 is 1.70 bits per heavy atom. The van der Waals surface area contributed by atoms with Gasteiger partial charge in [0, 0.05) is 35.0 Å². The lowest BCUT2D eigenvalue weighted by atomic mass is 9.91. The number of hydrogen-bond acceptors (Lipinski definition) is 4. The minimum absolute atomic E-state index is 0.141. The Kier molecular flexibility index (Phi) is 4.56. The van der Waals surface area contributed by atoms with E-state index in [1.54, 1.807) is 7.11 Å². The van der Waals surface area contributed by atoms with Gasteiger partial charge in [-0.15, -0.1) is 0 Å². The van der Waals surface area contributed by atoms with E-state index in [-0.39, 0.29) is 11.8 Å². The molecule has 0 amide bonds. The number of benzene rings is 3. The van der Waals surface area contributed by atoms with E-state index in [2.05, 4.69) is 5.32 Å². The number of hydrogen-bond donors (Lipinski definition) is 1. The molecule has 0 spiro atoms. The lowest BCUT2D eigenvalue weighted by Crippen LogP contribution is -2.22. The molecule has 3 aromatic carbocycles. The first-order valence-electron chi connectivity index (χ1n) is 9.91. The van der Waals surface area contributed by atoms with Crippen LogP contribution < -0.4 is 10.1 Å². The fourth-order valence-electron chi connectivity index (χ4n) is 3.90. The van der Waals surface area contributed by atoms with Crippen LogP contribution in [0.5, 0.6) is 5.75 Å². The Bertz CT molecular complexity index is 1200. The molecule has 0 bridgehead atoms. The molecule has 0 radical (unpaired) electrons. The number of ketones is 1. The van der Waals surface area contributed by atoms with Crippen molar-refractivity contribution in [3.8, 4) is 22.7 Å². The summed E-state index contributed by atoms with van der Waals surface area (Å²) in [5, 5.41) is 8.43. The van der Waals surface area contributed by atoms with Crippen LogP contribution in [0.4, 0.5) is 5.69 Å². The van der Waals surface area contributed by atoms with Crippen LogP contribution in [0.1, 0.15) is 28.4 Å². The summed E-state index contributed by atoms with van der Waals surface area (Å²) in [5.41, 5.74) is 5.41. The highest BCUT2D eigenvalue weighted by Gasteiger charge is 2.29. The number of Topliss-reactive ketones (excluding diaryl/α,β-unsaturated/α-hetero) is 1. The largest absolute Gasteiger partial charge is 0.497 e. The molecule has 5 heteroatoms. The number of rotatable bonds is 4. The number of para-hydroxylation sites is 2. The van der Waals surface area contributed by atoms with Crippen molar-refractivity contribution in [1.29, 1.82) is 0 Å². The summed E-state index contributed by atoms with van der Waals surface area (Å²) in [5.74, 6) is 0.935. The average Bonchev–Trinajstić information content (AvgIpc) is 3.25. The van der Waals surface area contributed by atoms with Crippen LogP contribution in [0.15, 0.2) is 85.1 Å². The maximum atomic E-state index is 12.8. The first-order valence-corrected chi connectivity index (χ1v) is 9.91. The number of carbonyl (C=O) groups is 1. The summed E-state index contributed by atoms with van der Waals surface area (Å²) in [6.45, 7) is 0. The molecule has 4 aromatic rings. The van der Waals surface area contributed by atoms with Crippen molar-refractivity contribution in [3.63, 3.8) is 0 Å². The molecule has 0 saturated carbocycles. The number of aromatic nitrogens is 2. The molecular formula is C25H21N3O2. The van der Waals surface area contributed by atoms with Gasteiger partial charge in [-0.2, -0.15) is 5.10 Å². The van der Waals surface area contributed by atoms with Crippen molar-refractivity contribution in [2.45, 2.75) is 12.5 Å². The maximum absolute atomic E-state index is 12.8. The third-order valence-corrected chi connectivity index (χ3v) is 5.45. The van der Waals surface area contributed by atoms with Crippen molar-refractivity contribution in [3.05, 3.63) is 96.2 Å². The molecule has 30 heavy (non-hydrogen) atoms. The second-order valence-corrected chi connectivity index (χ2v) is 7.31. The van der Waals surface area contributed by atoms with Gasteiger partial charge in [-0.3, -0.25) is 4.79 Å².